The monoisotopic (exact) mass is 334 g/mol. The Morgan fingerprint density at radius 2 is 2.28 bits per heavy atom. The predicted molar refractivity (Wildman–Crippen MR) is 93.2 cm³/mol. The Hall–Kier alpha value is -3.21. The van der Waals surface area contributed by atoms with Crippen molar-refractivity contribution in [2.75, 3.05) is 29.9 Å². The van der Waals surface area contributed by atoms with Crippen LogP contribution in [0.3, 0.4) is 0 Å². The third-order valence-corrected chi connectivity index (χ3v) is 4.49. The molecule has 0 spiro atoms. The Bertz CT molecular complexity index is 912. The average Bonchev–Trinajstić information content (AvgIpc) is 3.15. The standard InChI is InChI=1S/C17H18N8/c18-9-15-8-14(3-4-19-15)21-10-13-2-1-6-24(11-13)16-17-23-22-12-25(17)7-5-20-16/h3-5,7-8,12-13H,1-2,6,10-11H2,(H,19,21). The largest absolute Gasteiger partial charge is 0.385 e. The van der Waals surface area contributed by atoms with Crippen molar-refractivity contribution in [3.05, 3.63) is 42.7 Å². The van der Waals surface area contributed by atoms with Gasteiger partial charge in [0.2, 0.25) is 5.65 Å². The van der Waals surface area contributed by atoms with Crippen LogP contribution in [0.1, 0.15) is 18.5 Å². The molecule has 0 amide bonds. The minimum absolute atomic E-state index is 0.429. The maximum Gasteiger partial charge on any atom is 0.203 e. The summed E-state index contributed by atoms with van der Waals surface area (Å²) in [6, 6.07) is 5.73. The lowest BCUT2D eigenvalue weighted by Crippen LogP contribution is -2.38. The highest BCUT2D eigenvalue weighted by Crippen LogP contribution is 2.24. The average molecular weight is 334 g/mol. The van der Waals surface area contributed by atoms with Crippen molar-refractivity contribution in [1.29, 1.82) is 5.26 Å². The van der Waals surface area contributed by atoms with Gasteiger partial charge in [-0.15, -0.1) is 10.2 Å². The third-order valence-electron chi connectivity index (χ3n) is 4.49. The first-order valence-corrected chi connectivity index (χ1v) is 8.33. The molecule has 0 bridgehead atoms. The van der Waals surface area contributed by atoms with Gasteiger partial charge in [-0.3, -0.25) is 4.40 Å². The highest BCUT2D eigenvalue weighted by atomic mass is 15.3. The number of hydrogen-bond donors (Lipinski definition) is 1. The Morgan fingerprint density at radius 3 is 3.20 bits per heavy atom. The molecule has 8 nitrogen and oxygen atoms in total. The summed E-state index contributed by atoms with van der Waals surface area (Å²) in [5, 5.41) is 20.5. The van der Waals surface area contributed by atoms with Gasteiger partial charge in [0, 0.05) is 43.9 Å². The van der Waals surface area contributed by atoms with Crippen molar-refractivity contribution in [3.63, 3.8) is 0 Å². The lowest BCUT2D eigenvalue weighted by Gasteiger charge is -2.33. The van der Waals surface area contributed by atoms with Gasteiger partial charge in [-0.2, -0.15) is 5.26 Å². The van der Waals surface area contributed by atoms with E-state index in [1.807, 2.05) is 16.7 Å². The molecule has 0 aliphatic carbocycles. The first kappa shape index (κ1) is 15.3. The fourth-order valence-electron chi connectivity index (χ4n) is 3.26. The molecule has 3 aromatic heterocycles. The van der Waals surface area contributed by atoms with Gasteiger partial charge in [0.25, 0.3) is 0 Å². The van der Waals surface area contributed by atoms with Crippen LogP contribution in [0.5, 0.6) is 0 Å². The van der Waals surface area contributed by atoms with Crippen molar-refractivity contribution in [1.82, 2.24) is 24.6 Å². The van der Waals surface area contributed by atoms with E-state index in [2.05, 4.69) is 36.5 Å². The zero-order chi connectivity index (χ0) is 17.1. The minimum Gasteiger partial charge on any atom is -0.385 e. The van der Waals surface area contributed by atoms with Crippen molar-refractivity contribution >= 4 is 17.2 Å². The summed E-state index contributed by atoms with van der Waals surface area (Å²) in [6.45, 7) is 2.74. The number of fused-ring (bicyclic) bond motifs is 1. The van der Waals surface area contributed by atoms with Crippen molar-refractivity contribution in [2.24, 2.45) is 5.92 Å². The summed E-state index contributed by atoms with van der Waals surface area (Å²) in [7, 11) is 0. The zero-order valence-corrected chi connectivity index (χ0v) is 13.7. The zero-order valence-electron chi connectivity index (χ0n) is 13.7. The number of piperidine rings is 1. The molecule has 1 atom stereocenters. The highest BCUT2D eigenvalue weighted by molar-refractivity contribution is 5.63. The van der Waals surface area contributed by atoms with E-state index in [1.165, 1.54) is 0 Å². The summed E-state index contributed by atoms with van der Waals surface area (Å²) >= 11 is 0. The maximum absolute atomic E-state index is 8.94. The van der Waals surface area contributed by atoms with E-state index in [9.17, 15) is 0 Å². The van der Waals surface area contributed by atoms with Crippen LogP contribution >= 0.6 is 0 Å². The number of nitrogens with zero attached hydrogens (tertiary/aromatic N) is 7. The number of nitrogens with one attached hydrogen (secondary N) is 1. The van der Waals surface area contributed by atoms with Crippen LogP contribution in [0.25, 0.3) is 5.65 Å². The SMILES string of the molecule is N#Cc1cc(NCC2CCCN(c3nccn4cnnc34)C2)ccn1. The summed E-state index contributed by atoms with van der Waals surface area (Å²) < 4.78 is 1.89. The van der Waals surface area contributed by atoms with Crippen LogP contribution in [-0.4, -0.2) is 44.2 Å². The van der Waals surface area contributed by atoms with Gasteiger partial charge in [0.15, 0.2) is 5.82 Å². The fourth-order valence-corrected chi connectivity index (χ4v) is 3.26. The molecule has 0 radical (unpaired) electrons. The summed E-state index contributed by atoms with van der Waals surface area (Å²) in [5.74, 6) is 1.39. The Morgan fingerprint density at radius 1 is 1.32 bits per heavy atom. The molecule has 1 aliphatic heterocycles. The number of hydrogen-bond acceptors (Lipinski definition) is 7. The molecule has 126 valence electrons. The van der Waals surface area contributed by atoms with Crippen molar-refractivity contribution in [2.45, 2.75) is 12.8 Å². The summed E-state index contributed by atoms with van der Waals surface area (Å²) in [6.07, 6.45) is 9.27. The smallest absolute Gasteiger partial charge is 0.203 e. The second-order valence-corrected chi connectivity index (χ2v) is 6.19. The van der Waals surface area contributed by atoms with Gasteiger partial charge in [0.05, 0.1) is 0 Å². The second-order valence-electron chi connectivity index (χ2n) is 6.19. The first-order chi connectivity index (χ1) is 12.3. The molecule has 3 aromatic rings. The molecule has 1 saturated heterocycles. The predicted octanol–water partition coefficient (Wildman–Crippen LogP) is 1.72. The molecular weight excluding hydrogens is 316 g/mol. The van der Waals surface area contributed by atoms with Crippen LogP contribution in [0.2, 0.25) is 0 Å². The molecule has 1 fully saturated rings. The first-order valence-electron chi connectivity index (χ1n) is 8.33. The van der Waals surface area contributed by atoms with Crippen LogP contribution in [0.4, 0.5) is 11.5 Å². The number of pyridine rings is 1. The summed E-state index contributed by atoms with van der Waals surface area (Å²) in [5.41, 5.74) is 2.16. The lowest BCUT2D eigenvalue weighted by atomic mass is 9.98. The molecule has 8 heteroatoms. The minimum atomic E-state index is 0.429. The Balaban J connectivity index is 1.44. The van der Waals surface area contributed by atoms with Crippen LogP contribution in [0.15, 0.2) is 37.1 Å². The van der Waals surface area contributed by atoms with E-state index in [0.29, 0.717) is 11.6 Å². The van der Waals surface area contributed by atoms with Crippen molar-refractivity contribution < 1.29 is 0 Å². The van der Waals surface area contributed by atoms with E-state index >= 15 is 0 Å². The molecule has 0 saturated carbocycles. The molecule has 0 aromatic carbocycles. The Labute approximate surface area is 145 Å². The molecule has 1 aliphatic rings. The summed E-state index contributed by atoms with van der Waals surface area (Å²) in [4.78, 5) is 10.8. The fraction of sp³-hybridized carbons (Fsp3) is 0.353. The van der Waals surface area contributed by atoms with E-state index in [4.69, 9.17) is 5.26 Å². The molecule has 4 rings (SSSR count). The lowest BCUT2D eigenvalue weighted by molar-refractivity contribution is 0.430. The van der Waals surface area contributed by atoms with Crippen LogP contribution in [-0.2, 0) is 0 Å². The van der Waals surface area contributed by atoms with Gasteiger partial charge in [-0.05, 0) is 30.9 Å². The number of anilines is 2. The van der Waals surface area contributed by atoms with E-state index in [1.54, 1.807) is 24.8 Å². The third kappa shape index (κ3) is 3.21. The maximum atomic E-state index is 8.94. The molecule has 25 heavy (non-hydrogen) atoms. The molecular formula is C17H18N8. The Kier molecular flexibility index (Phi) is 4.12. The van der Waals surface area contributed by atoms with Crippen LogP contribution < -0.4 is 10.2 Å². The van der Waals surface area contributed by atoms with E-state index in [-0.39, 0.29) is 0 Å². The van der Waals surface area contributed by atoms with Gasteiger partial charge < -0.3 is 10.2 Å². The molecule has 4 heterocycles. The highest BCUT2D eigenvalue weighted by Gasteiger charge is 2.23. The quantitative estimate of drug-likeness (QED) is 0.776. The van der Waals surface area contributed by atoms with Gasteiger partial charge in [0.1, 0.15) is 18.1 Å². The normalized spacial score (nSPS) is 17.4. The molecule has 1 unspecified atom stereocenters. The van der Waals surface area contributed by atoms with E-state index in [0.717, 1.165) is 49.6 Å². The van der Waals surface area contributed by atoms with Gasteiger partial charge in [-0.1, -0.05) is 0 Å². The van der Waals surface area contributed by atoms with Crippen molar-refractivity contribution in [3.8, 4) is 6.07 Å². The topological polar surface area (TPSA) is 95.0 Å². The van der Waals surface area contributed by atoms with Gasteiger partial charge >= 0.3 is 0 Å². The van der Waals surface area contributed by atoms with Crippen LogP contribution in [0, 0.1) is 17.2 Å². The number of rotatable bonds is 4. The molecule has 1 N–H and O–H groups in total. The second kappa shape index (κ2) is 6.73. The number of nitriles is 1. The van der Waals surface area contributed by atoms with Gasteiger partial charge in [-0.25, -0.2) is 9.97 Å². The number of aromatic nitrogens is 5. The van der Waals surface area contributed by atoms with E-state index < -0.39 is 0 Å².